The van der Waals surface area contributed by atoms with Crippen molar-refractivity contribution in [3.8, 4) is 0 Å². The van der Waals surface area contributed by atoms with Crippen molar-refractivity contribution in [1.29, 1.82) is 0 Å². The highest BCUT2D eigenvalue weighted by molar-refractivity contribution is 7.89. The quantitative estimate of drug-likeness (QED) is 0.333. The van der Waals surface area contributed by atoms with Crippen LogP contribution in [0.2, 0.25) is 0 Å². The lowest BCUT2D eigenvalue weighted by Gasteiger charge is -2.22. The molecule has 0 bridgehead atoms. The van der Waals surface area contributed by atoms with Crippen molar-refractivity contribution >= 4 is 27.5 Å². The van der Waals surface area contributed by atoms with Crippen LogP contribution in [0, 0.1) is 10.1 Å². The van der Waals surface area contributed by atoms with Gasteiger partial charge in [-0.15, -0.1) is 0 Å². The van der Waals surface area contributed by atoms with Crippen molar-refractivity contribution in [2.75, 3.05) is 19.7 Å². The SMILES string of the molecule is O=C(NCc1ccccn1)C(=O)NC[C@H]1OCCN1S(=O)(=O)c1ccc([N+](=O)[O-])cc1. The van der Waals surface area contributed by atoms with Crippen LogP contribution in [0.25, 0.3) is 0 Å². The van der Waals surface area contributed by atoms with Gasteiger partial charge in [0.15, 0.2) is 0 Å². The van der Waals surface area contributed by atoms with E-state index in [0.717, 1.165) is 28.6 Å². The third-order valence-electron chi connectivity index (χ3n) is 4.40. The summed E-state index contributed by atoms with van der Waals surface area (Å²) in [6.45, 7) is -0.0555. The molecule has 2 heterocycles. The summed E-state index contributed by atoms with van der Waals surface area (Å²) in [5.74, 6) is -1.84. The largest absolute Gasteiger partial charge is 0.359 e. The molecule has 0 aliphatic carbocycles. The third-order valence-corrected chi connectivity index (χ3v) is 6.30. The van der Waals surface area contributed by atoms with Gasteiger partial charge < -0.3 is 15.4 Å². The van der Waals surface area contributed by atoms with Crippen LogP contribution >= 0.6 is 0 Å². The maximum Gasteiger partial charge on any atom is 0.309 e. The predicted octanol–water partition coefficient (Wildman–Crippen LogP) is -0.231. The Morgan fingerprint density at radius 1 is 1.16 bits per heavy atom. The van der Waals surface area contributed by atoms with Crippen molar-refractivity contribution in [1.82, 2.24) is 19.9 Å². The molecule has 0 radical (unpaired) electrons. The lowest BCUT2D eigenvalue weighted by Crippen LogP contribution is -2.47. The van der Waals surface area contributed by atoms with E-state index in [-0.39, 0.29) is 36.8 Å². The van der Waals surface area contributed by atoms with Crippen molar-refractivity contribution in [3.63, 3.8) is 0 Å². The molecule has 2 N–H and O–H groups in total. The zero-order valence-electron chi connectivity index (χ0n) is 16.1. The molecule has 0 unspecified atom stereocenters. The fraction of sp³-hybridized carbons (Fsp3) is 0.278. The first-order valence-corrected chi connectivity index (χ1v) is 10.6. The molecule has 2 amide bonds. The van der Waals surface area contributed by atoms with Gasteiger partial charge in [-0.3, -0.25) is 24.7 Å². The molecule has 1 aliphatic heterocycles. The van der Waals surface area contributed by atoms with E-state index in [1.54, 1.807) is 24.4 Å². The van der Waals surface area contributed by atoms with E-state index in [4.69, 9.17) is 4.74 Å². The minimum absolute atomic E-state index is 0.0335. The molecule has 2 aromatic rings. The van der Waals surface area contributed by atoms with Gasteiger partial charge in [0.1, 0.15) is 6.23 Å². The topological polar surface area (TPSA) is 161 Å². The molecular formula is C18H19N5O7S. The number of benzene rings is 1. The van der Waals surface area contributed by atoms with Gasteiger partial charge in [0, 0.05) is 24.9 Å². The number of ether oxygens (including phenoxy) is 1. The van der Waals surface area contributed by atoms with Crippen LogP contribution in [0.3, 0.4) is 0 Å². The highest BCUT2D eigenvalue weighted by atomic mass is 32.2. The van der Waals surface area contributed by atoms with E-state index in [1.807, 2.05) is 0 Å². The second kappa shape index (κ2) is 9.59. The maximum atomic E-state index is 12.8. The fourth-order valence-corrected chi connectivity index (χ4v) is 4.34. The first-order chi connectivity index (χ1) is 14.8. The number of hydrogen-bond acceptors (Lipinski definition) is 8. The standard InChI is InChI=1S/C18H19N5O7S/c24-17(20-11-13-3-1-2-8-19-13)18(25)21-12-16-22(9-10-30-16)31(28,29)15-6-4-14(5-7-15)23(26)27/h1-8,16H,9-12H2,(H,20,24)(H,21,25)/t16-/m1/s1. The molecule has 1 aromatic carbocycles. The van der Waals surface area contributed by atoms with Gasteiger partial charge in [-0.25, -0.2) is 8.42 Å². The van der Waals surface area contributed by atoms with Crippen molar-refractivity contribution < 1.29 is 27.7 Å². The highest BCUT2D eigenvalue weighted by Gasteiger charge is 2.36. The number of nitrogens with one attached hydrogen (secondary N) is 2. The molecule has 164 valence electrons. The molecule has 1 aliphatic rings. The van der Waals surface area contributed by atoms with Crippen LogP contribution in [0.15, 0.2) is 53.6 Å². The number of amides is 2. The van der Waals surface area contributed by atoms with E-state index in [9.17, 15) is 28.1 Å². The number of carbonyl (C=O) groups excluding carboxylic acids is 2. The average Bonchev–Trinajstić information content (AvgIpc) is 3.26. The second-order valence-corrected chi connectivity index (χ2v) is 8.30. The van der Waals surface area contributed by atoms with Crippen LogP contribution in [0.4, 0.5) is 5.69 Å². The van der Waals surface area contributed by atoms with Gasteiger partial charge in [0.25, 0.3) is 5.69 Å². The summed E-state index contributed by atoms with van der Waals surface area (Å²) in [7, 11) is -4.02. The number of pyridine rings is 1. The van der Waals surface area contributed by atoms with Crippen LogP contribution < -0.4 is 10.6 Å². The summed E-state index contributed by atoms with van der Waals surface area (Å²) in [4.78, 5) is 37.9. The average molecular weight is 449 g/mol. The number of sulfonamides is 1. The molecule has 12 nitrogen and oxygen atoms in total. The number of nitro benzene ring substituents is 1. The van der Waals surface area contributed by atoms with E-state index < -0.39 is 33.0 Å². The number of aromatic nitrogens is 1. The van der Waals surface area contributed by atoms with Crippen LogP contribution in [-0.2, 0) is 30.9 Å². The first-order valence-electron chi connectivity index (χ1n) is 9.13. The Kier molecular flexibility index (Phi) is 6.89. The zero-order valence-corrected chi connectivity index (χ0v) is 16.9. The van der Waals surface area contributed by atoms with Gasteiger partial charge >= 0.3 is 11.8 Å². The number of non-ortho nitro benzene ring substituents is 1. The van der Waals surface area contributed by atoms with Crippen LogP contribution in [0.1, 0.15) is 5.69 Å². The molecule has 1 atom stereocenters. The Bertz CT molecular complexity index is 1060. The summed E-state index contributed by atoms with van der Waals surface area (Å²) in [6, 6.07) is 9.59. The lowest BCUT2D eigenvalue weighted by atomic mass is 10.3. The van der Waals surface area contributed by atoms with E-state index in [2.05, 4.69) is 15.6 Å². The number of hydrogen-bond donors (Lipinski definition) is 2. The Morgan fingerprint density at radius 3 is 2.52 bits per heavy atom. The minimum atomic E-state index is -4.02. The Balaban J connectivity index is 1.57. The maximum absolute atomic E-state index is 12.8. The number of nitrogens with zero attached hydrogens (tertiary/aromatic N) is 3. The molecule has 13 heteroatoms. The molecule has 0 saturated carbocycles. The van der Waals surface area contributed by atoms with Crippen molar-refractivity contribution in [3.05, 3.63) is 64.5 Å². The van der Waals surface area contributed by atoms with E-state index >= 15 is 0 Å². The normalized spacial score (nSPS) is 16.6. The molecule has 1 saturated heterocycles. The number of nitro groups is 1. The summed E-state index contributed by atoms with van der Waals surface area (Å²) < 4.78 is 32.1. The predicted molar refractivity (Wildman–Crippen MR) is 106 cm³/mol. The molecular weight excluding hydrogens is 430 g/mol. The second-order valence-electron chi connectivity index (χ2n) is 6.41. The Labute approximate surface area is 177 Å². The summed E-state index contributed by atoms with van der Waals surface area (Å²) in [5.41, 5.74) is 0.334. The number of rotatable bonds is 7. The fourth-order valence-electron chi connectivity index (χ4n) is 2.83. The molecule has 1 aromatic heterocycles. The molecule has 0 spiro atoms. The summed E-state index contributed by atoms with van der Waals surface area (Å²) >= 11 is 0. The zero-order chi connectivity index (χ0) is 22.4. The first kappa shape index (κ1) is 22.3. The van der Waals surface area contributed by atoms with Gasteiger partial charge in [0.2, 0.25) is 10.0 Å². The van der Waals surface area contributed by atoms with Crippen LogP contribution in [0.5, 0.6) is 0 Å². The van der Waals surface area contributed by atoms with E-state index in [1.165, 1.54) is 0 Å². The molecule has 31 heavy (non-hydrogen) atoms. The minimum Gasteiger partial charge on any atom is -0.359 e. The summed E-state index contributed by atoms with van der Waals surface area (Å²) in [6.07, 6.45) is 0.534. The summed E-state index contributed by atoms with van der Waals surface area (Å²) in [5, 5.41) is 15.5. The van der Waals surface area contributed by atoms with Crippen molar-refractivity contribution in [2.45, 2.75) is 17.7 Å². The van der Waals surface area contributed by atoms with Crippen molar-refractivity contribution in [2.24, 2.45) is 0 Å². The van der Waals surface area contributed by atoms with Gasteiger partial charge in [-0.05, 0) is 24.3 Å². The smallest absolute Gasteiger partial charge is 0.309 e. The van der Waals surface area contributed by atoms with Gasteiger partial charge in [-0.2, -0.15) is 4.31 Å². The Hall–Kier alpha value is -3.42. The molecule has 3 rings (SSSR count). The Morgan fingerprint density at radius 2 is 1.87 bits per heavy atom. The monoisotopic (exact) mass is 449 g/mol. The van der Waals surface area contributed by atoms with Gasteiger partial charge in [-0.1, -0.05) is 6.07 Å². The van der Waals surface area contributed by atoms with Crippen LogP contribution in [-0.4, -0.2) is 60.4 Å². The lowest BCUT2D eigenvalue weighted by molar-refractivity contribution is -0.384. The van der Waals surface area contributed by atoms with E-state index in [0.29, 0.717) is 5.69 Å². The molecule has 1 fully saturated rings. The number of carbonyl (C=O) groups is 2. The van der Waals surface area contributed by atoms with Gasteiger partial charge in [0.05, 0.1) is 35.2 Å². The highest BCUT2D eigenvalue weighted by Crippen LogP contribution is 2.23. The third kappa shape index (κ3) is 5.39.